The average molecular weight is 566 g/mol. The molecule has 1 aliphatic heterocycles. The van der Waals surface area contributed by atoms with Gasteiger partial charge in [0.1, 0.15) is 11.6 Å². The van der Waals surface area contributed by atoms with Crippen LogP contribution in [0.4, 0.5) is 35.1 Å². The molecule has 1 saturated heterocycles. The highest BCUT2D eigenvalue weighted by molar-refractivity contribution is 5.85. The van der Waals surface area contributed by atoms with Gasteiger partial charge in [0.25, 0.3) is 5.60 Å². The minimum Gasteiger partial charge on any atom is -0.349 e. The van der Waals surface area contributed by atoms with Crippen LogP contribution in [0, 0.1) is 11.6 Å². The number of rotatable bonds is 6. The molecule has 2 nitrogen and oxygen atoms in total. The molecule has 0 saturated carbocycles. The van der Waals surface area contributed by atoms with Crippen LogP contribution in [0.3, 0.4) is 0 Å². The Morgan fingerprint density at radius 3 is 1.89 bits per heavy atom. The lowest BCUT2D eigenvalue weighted by Gasteiger charge is -2.38. The van der Waals surface area contributed by atoms with Gasteiger partial charge >= 0.3 is 12.4 Å². The van der Waals surface area contributed by atoms with Crippen molar-refractivity contribution >= 4 is 12.4 Å². The van der Waals surface area contributed by atoms with E-state index in [2.05, 4.69) is 10.1 Å². The zero-order chi connectivity index (χ0) is 27.1. The summed E-state index contributed by atoms with van der Waals surface area (Å²) in [5, 5.41) is 3.25. The molecule has 11 heteroatoms. The average Bonchev–Trinajstić information content (AvgIpc) is 3.23. The summed E-state index contributed by atoms with van der Waals surface area (Å²) in [6, 6.07) is 15.7. The number of halogens is 9. The number of hydrogen-bond donors (Lipinski definition) is 1. The first-order valence-corrected chi connectivity index (χ1v) is 11.4. The largest absolute Gasteiger partial charge is 0.430 e. The highest BCUT2D eigenvalue weighted by Gasteiger charge is 2.73. The standard InChI is InChI=1S/C27H23F8NO.ClH/c1-24(18-6-3-2-4-7-18)16-36-14-21(24)17-10-12-19(13-11-17)25(26(30,31)32,27(33,34)35)37-15-20-22(28)8-5-9-23(20)29;/h2-13,21,36H,14-16H2,1H3;1H. The van der Waals surface area contributed by atoms with E-state index in [9.17, 15) is 35.1 Å². The fraction of sp³-hybridized carbons (Fsp3) is 0.333. The van der Waals surface area contributed by atoms with E-state index in [1.807, 2.05) is 37.3 Å². The smallest absolute Gasteiger partial charge is 0.349 e. The summed E-state index contributed by atoms with van der Waals surface area (Å²) in [6.45, 7) is 1.42. The minimum absolute atomic E-state index is 0. The van der Waals surface area contributed by atoms with Gasteiger partial charge in [-0.3, -0.25) is 0 Å². The van der Waals surface area contributed by atoms with Crippen molar-refractivity contribution in [2.24, 2.45) is 0 Å². The molecule has 3 aromatic rings. The van der Waals surface area contributed by atoms with E-state index < -0.39 is 52.7 Å². The Bertz CT molecular complexity index is 1200. The van der Waals surface area contributed by atoms with Crippen LogP contribution in [0.1, 0.15) is 35.1 Å². The Labute approximate surface area is 220 Å². The van der Waals surface area contributed by atoms with Gasteiger partial charge in [-0.1, -0.05) is 67.6 Å². The first kappa shape index (κ1) is 29.9. The van der Waals surface area contributed by atoms with E-state index in [1.54, 1.807) is 0 Å². The summed E-state index contributed by atoms with van der Waals surface area (Å²) >= 11 is 0. The van der Waals surface area contributed by atoms with Gasteiger partial charge in [0.05, 0.1) is 6.61 Å². The summed E-state index contributed by atoms with van der Waals surface area (Å²) in [4.78, 5) is 0. The summed E-state index contributed by atoms with van der Waals surface area (Å²) in [7, 11) is 0. The van der Waals surface area contributed by atoms with Gasteiger partial charge in [-0.25, -0.2) is 8.78 Å². The normalized spacial score (nSPS) is 20.3. The number of hydrogen-bond acceptors (Lipinski definition) is 2. The van der Waals surface area contributed by atoms with Crippen molar-refractivity contribution < 1.29 is 39.9 Å². The van der Waals surface area contributed by atoms with Crippen LogP contribution in [-0.4, -0.2) is 25.4 Å². The quantitative estimate of drug-likeness (QED) is 0.311. The zero-order valence-electron chi connectivity index (χ0n) is 20.0. The van der Waals surface area contributed by atoms with Crippen LogP contribution in [0.2, 0.25) is 0 Å². The maximum absolute atomic E-state index is 14.2. The summed E-state index contributed by atoms with van der Waals surface area (Å²) in [6.07, 6.45) is -12.0. The predicted molar refractivity (Wildman–Crippen MR) is 128 cm³/mol. The molecule has 0 radical (unpaired) electrons. The molecule has 1 N–H and O–H groups in total. The van der Waals surface area contributed by atoms with Gasteiger partial charge in [0, 0.05) is 35.5 Å². The maximum Gasteiger partial charge on any atom is 0.430 e. The Morgan fingerprint density at radius 2 is 1.37 bits per heavy atom. The van der Waals surface area contributed by atoms with Gasteiger partial charge in [-0.15, -0.1) is 12.4 Å². The third-order valence-electron chi connectivity index (χ3n) is 7.06. The number of benzene rings is 3. The molecule has 2 unspecified atom stereocenters. The van der Waals surface area contributed by atoms with E-state index in [-0.39, 0.29) is 18.3 Å². The van der Waals surface area contributed by atoms with Crippen molar-refractivity contribution in [2.75, 3.05) is 13.1 Å². The molecule has 38 heavy (non-hydrogen) atoms. The maximum atomic E-state index is 14.2. The molecule has 1 fully saturated rings. The molecule has 206 valence electrons. The summed E-state index contributed by atoms with van der Waals surface area (Å²) in [5.74, 6) is -2.87. The Kier molecular flexibility index (Phi) is 8.50. The van der Waals surface area contributed by atoms with Gasteiger partial charge in [-0.05, 0) is 23.3 Å². The van der Waals surface area contributed by atoms with E-state index in [0.717, 1.165) is 35.9 Å². The molecule has 0 amide bonds. The minimum atomic E-state index is -5.98. The number of nitrogens with one attached hydrogen (secondary N) is 1. The fourth-order valence-electron chi connectivity index (χ4n) is 4.97. The second-order valence-electron chi connectivity index (χ2n) is 9.25. The van der Waals surface area contributed by atoms with Crippen LogP contribution < -0.4 is 5.32 Å². The number of alkyl halides is 6. The lowest BCUT2D eigenvalue weighted by atomic mass is 9.71. The van der Waals surface area contributed by atoms with Crippen molar-refractivity contribution in [3.8, 4) is 0 Å². The molecule has 1 heterocycles. The highest BCUT2D eigenvalue weighted by atomic mass is 35.5. The third-order valence-corrected chi connectivity index (χ3v) is 7.06. The second-order valence-corrected chi connectivity index (χ2v) is 9.25. The van der Waals surface area contributed by atoms with Crippen molar-refractivity contribution in [2.45, 2.75) is 42.8 Å². The summed E-state index contributed by atoms with van der Waals surface area (Å²) < 4.78 is 117. The molecular weight excluding hydrogens is 542 g/mol. The molecular formula is C27H24ClF8NO. The molecule has 2 atom stereocenters. The Morgan fingerprint density at radius 1 is 0.816 bits per heavy atom. The highest BCUT2D eigenvalue weighted by Crippen LogP contribution is 2.54. The van der Waals surface area contributed by atoms with Crippen LogP contribution in [0.5, 0.6) is 0 Å². The molecule has 0 aromatic heterocycles. The van der Waals surface area contributed by atoms with Crippen LogP contribution in [0.15, 0.2) is 72.8 Å². The number of ether oxygens (including phenoxy) is 1. The second kappa shape index (κ2) is 10.8. The Hall–Kier alpha value is -2.69. The Balaban J connectivity index is 0.00000400. The molecule has 1 aliphatic rings. The molecule has 0 spiro atoms. The zero-order valence-corrected chi connectivity index (χ0v) is 20.8. The molecule has 0 aliphatic carbocycles. The topological polar surface area (TPSA) is 21.3 Å². The lowest BCUT2D eigenvalue weighted by molar-refractivity contribution is -0.392. The van der Waals surface area contributed by atoms with Crippen molar-refractivity contribution in [3.63, 3.8) is 0 Å². The van der Waals surface area contributed by atoms with Crippen molar-refractivity contribution in [1.29, 1.82) is 0 Å². The molecule has 3 aromatic carbocycles. The van der Waals surface area contributed by atoms with Gasteiger partial charge in [0.15, 0.2) is 0 Å². The van der Waals surface area contributed by atoms with E-state index in [4.69, 9.17) is 0 Å². The first-order chi connectivity index (χ1) is 17.3. The van der Waals surface area contributed by atoms with Gasteiger partial charge < -0.3 is 10.1 Å². The van der Waals surface area contributed by atoms with Crippen LogP contribution in [-0.2, 0) is 22.4 Å². The van der Waals surface area contributed by atoms with Crippen LogP contribution >= 0.6 is 12.4 Å². The van der Waals surface area contributed by atoms with Crippen LogP contribution in [0.25, 0.3) is 0 Å². The van der Waals surface area contributed by atoms with E-state index >= 15 is 0 Å². The fourth-order valence-corrected chi connectivity index (χ4v) is 4.97. The lowest BCUT2D eigenvalue weighted by Crippen LogP contribution is -2.55. The van der Waals surface area contributed by atoms with E-state index in [1.165, 1.54) is 12.1 Å². The van der Waals surface area contributed by atoms with Gasteiger partial charge in [0.2, 0.25) is 0 Å². The SMILES string of the molecule is CC1(c2ccccc2)CNCC1c1ccc(C(OCc2c(F)cccc2F)(C(F)(F)F)C(F)(F)F)cc1.Cl. The predicted octanol–water partition coefficient (Wildman–Crippen LogP) is 7.57. The van der Waals surface area contributed by atoms with Crippen molar-refractivity contribution in [1.82, 2.24) is 5.32 Å². The third kappa shape index (κ3) is 5.13. The monoisotopic (exact) mass is 565 g/mol. The van der Waals surface area contributed by atoms with E-state index in [0.29, 0.717) is 18.7 Å². The first-order valence-electron chi connectivity index (χ1n) is 11.4. The molecule has 0 bridgehead atoms. The van der Waals surface area contributed by atoms with Crippen molar-refractivity contribution in [3.05, 3.63) is 107 Å². The van der Waals surface area contributed by atoms with Gasteiger partial charge in [-0.2, -0.15) is 26.3 Å². The summed E-state index contributed by atoms with van der Waals surface area (Å²) in [5.41, 5.74) is -6.01. The molecule has 4 rings (SSSR count).